The molecule has 124 valence electrons. The molecule has 1 heterocycles. The Kier molecular flexibility index (Phi) is 4.85. The Morgan fingerprint density at radius 2 is 1.83 bits per heavy atom. The number of ketones is 1. The number of nitrogens with one attached hydrogen (secondary N) is 1. The van der Waals surface area contributed by atoms with E-state index in [1.54, 1.807) is 43.3 Å². The molecule has 3 rings (SSSR count). The molecule has 1 aliphatic heterocycles. The number of fused-ring (bicyclic) bond motifs is 1. The van der Waals surface area contributed by atoms with E-state index in [4.69, 9.17) is 9.47 Å². The average Bonchev–Trinajstić information content (AvgIpc) is 2.61. The molecule has 24 heavy (non-hydrogen) atoms. The Morgan fingerprint density at radius 1 is 1.12 bits per heavy atom. The minimum atomic E-state index is -0.183. The summed E-state index contributed by atoms with van der Waals surface area (Å²) in [5, 5.41) is 2.76. The molecule has 0 spiro atoms. The third-order valence-electron chi connectivity index (χ3n) is 3.60. The highest BCUT2D eigenvalue weighted by Crippen LogP contribution is 2.38. The van der Waals surface area contributed by atoms with Gasteiger partial charge in [-0.2, -0.15) is 0 Å². The molecule has 2 aromatic carbocycles. The fraction of sp³-hybridized carbons (Fsp3) is 0.222. The predicted molar refractivity (Wildman–Crippen MR) is 93.9 cm³/mol. The first kappa shape index (κ1) is 16.5. The Labute approximate surface area is 148 Å². The van der Waals surface area contributed by atoms with Crippen LogP contribution in [0.25, 0.3) is 0 Å². The van der Waals surface area contributed by atoms with Gasteiger partial charge in [-0.3, -0.25) is 9.59 Å². The van der Waals surface area contributed by atoms with Crippen LogP contribution < -0.4 is 14.8 Å². The van der Waals surface area contributed by atoms with Crippen molar-refractivity contribution in [3.63, 3.8) is 0 Å². The first-order valence-corrected chi connectivity index (χ1v) is 8.41. The summed E-state index contributed by atoms with van der Waals surface area (Å²) in [7, 11) is 0. The van der Waals surface area contributed by atoms with Crippen molar-refractivity contribution >= 4 is 33.3 Å². The molecule has 0 bridgehead atoms. The van der Waals surface area contributed by atoms with E-state index in [1.807, 2.05) is 0 Å². The summed E-state index contributed by atoms with van der Waals surface area (Å²) in [6.07, 6.45) is 0.352. The highest BCUT2D eigenvalue weighted by atomic mass is 79.9. The molecule has 0 radical (unpaired) electrons. The lowest BCUT2D eigenvalue weighted by atomic mass is 10.0. The maximum atomic E-state index is 12.9. The number of carbonyl (C=O) groups is 2. The number of anilines is 1. The largest absolute Gasteiger partial charge is 0.486 e. The van der Waals surface area contributed by atoms with Gasteiger partial charge >= 0.3 is 0 Å². The molecule has 5 nitrogen and oxygen atoms in total. The summed E-state index contributed by atoms with van der Waals surface area (Å²) in [5.74, 6) is 0.574. The molecular weight excluding hydrogens is 374 g/mol. The van der Waals surface area contributed by atoms with E-state index in [0.29, 0.717) is 47.9 Å². The van der Waals surface area contributed by atoms with Crippen LogP contribution in [0.1, 0.15) is 29.3 Å². The van der Waals surface area contributed by atoms with Gasteiger partial charge in [0.05, 0.1) is 5.56 Å². The summed E-state index contributed by atoms with van der Waals surface area (Å²) >= 11 is 3.35. The fourth-order valence-electron chi connectivity index (χ4n) is 2.40. The first-order valence-electron chi connectivity index (χ1n) is 7.62. The van der Waals surface area contributed by atoms with Crippen LogP contribution in [0.4, 0.5) is 5.69 Å². The van der Waals surface area contributed by atoms with Crippen molar-refractivity contribution in [3.8, 4) is 11.5 Å². The maximum Gasteiger partial charge on any atom is 0.224 e. The molecule has 6 heteroatoms. The Hall–Kier alpha value is -2.34. The smallest absolute Gasteiger partial charge is 0.224 e. The van der Waals surface area contributed by atoms with E-state index in [-0.39, 0.29) is 11.7 Å². The fourth-order valence-corrected chi connectivity index (χ4v) is 2.66. The van der Waals surface area contributed by atoms with Gasteiger partial charge in [0.25, 0.3) is 0 Å². The zero-order valence-electron chi connectivity index (χ0n) is 13.1. The molecule has 0 saturated carbocycles. The molecule has 0 fully saturated rings. The molecule has 2 aromatic rings. The van der Waals surface area contributed by atoms with Gasteiger partial charge < -0.3 is 14.8 Å². The monoisotopic (exact) mass is 389 g/mol. The first-order chi connectivity index (χ1) is 11.6. The van der Waals surface area contributed by atoms with Crippen molar-refractivity contribution in [2.45, 2.75) is 13.3 Å². The van der Waals surface area contributed by atoms with E-state index in [2.05, 4.69) is 21.2 Å². The number of hydrogen-bond donors (Lipinski definition) is 1. The minimum Gasteiger partial charge on any atom is -0.486 e. The molecule has 0 unspecified atom stereocenters. The van der Waals surface area contributed by atoms with E-state index in [9.17, 15) is 9.59 Å². The summed E-state index contributed by atoms with van der Waals surface area (Å²) in [6.45, 7) is 2.56. The molecule has 1 amide bonds. The second kappa shape index (κ2) is 7.05. The number of halogens is 1. The van der Waals surface area contributed by atoms with Crippen molar-refractivity contribution in [2.24, 2.45) is 0 Å². The Balaban J connectivity index is 2.04. The second-order valence-corrected chi connectivity index (χ2v) is 6.20. The van der Waals surface area contributed by atoms with Crippen molar-refractivity contribution in [1.29, 1.82) is 0 Å². The van der Waals surface area contributed by atoms with Gasteiger partial charge in [-0.15, -0.1) is 0 Å². The van der Waals surface area contributed by atoms with E-state index in [1.165, 1.54) is 0 Å². The normalized spacial score (nSPS) is 12.6. The molecular formula is C18H16BrNO4. The summed E-state index contributed by atoms with van der Waals surface area (Å²) in [4.78, 5) is 24.5. The van der Waals surface area contributed by atoms with Crippen LogP contribution in [0.2, 0.25) is 0 Å². The lowest BCUT2D eigenvalue weighted by Crippen LogP contribution is -2.19. The van der Waals surface area contributed by atoms with Crippen molar-refractivity contribution < 1.29 is 19.1 Å². The number of rotatable bonds is 4. The van der Waals surface area contributed by atoms with Crippen LogP contribution in [0.15, 0.2) is 40.9 Å². The summed E-state index contributed by atoms with van der Waals surface area (Å²) in [5.41, 5.74) is 1.43. The van der Waals surface area contributed by atoms with Crippen LogP contribution in [-0.4, -0.2) is 24.9 Å². The SMILES string of the molecule is CCC(=O)Nc1cc2c(c(C(=O)c3ccc(Br)cc3)c1)OCCO2. The second-order valence-electron chi connectivity index (χ2n) is 5.29. The molecule has 1 aliphatic rings. The van der Waals surface area contributed by atoms with Crippen LogP contribution in [0.5, 0.6) is 11.5 Å². The van der Waals surface area contributed by atoms with Crippen LogP contribution >= 0.6 is 15.9 Å². The van der Waals surface area contributed by atoms with E-state index < -0.39 is 0 Å². The predicted octanol–water partition coefficient (Wildman–Crippen LogP) is 3.80. The topological polar surface area (TPSA) is 64.6 Å². The van der Waals surface area contributed by atoms with E-state index >= 15 is 0 Å². The minimum absolute atomic E-state index is 0.131. The zero-order chi connectivity index (χ0) is 17.1. The summed E-state index contributed by atoms with van der Waals surface area (Å²) < 4.78 is 12.1. The maximum absolute atomic E-state index is 12.9. The molecule has 0 aliphatic carbocycles. The lowest BCUT2D eigenvalue weighted by molar-refractivity contribution is -0.115. The van der Waals surface area contributed by atoms with Gasteiger partial charge in [-0.05, 0) is 30.3 Å². The number of benzene rings is 2. The molecule has 0 aromatic heterocycles. The van der Waals surface area contributed by atoms with Crippen molar-refractivity contribution in [2.75, 3.05) is 18.5 Å². The van der Waals surface area contributed by atoms with E-state index in [0.717, 1.165) is 4.47 Å². The van der Waals surface area contributed by atoms with Crippen molar-refractivity contribution in [1.82, 2.24) is 0 Å². The lowest BCUT2D eigenvalue weighted by Gasteiger charge is -2.22. The standard InChI is InChI=1S/C18H16BrNO4/c1-2-16(21)20-13-9-14(18-15(10-13)23-7-8-24-18)17(22)11-3-5-12(19)6-4-11/h3-6,9-10H,2,7-8H2,1H3,(H,20,21). The van der Waals surface area contributed by atoms with Gasteiger partial charge in [-0.1, -0.05) is 22.9 Å². The molecule has 0 atom stereocenters. The van der Waals surface area contributed by atoms with Crippen LogP contribution in [0, 0.1) is 0 Å². The quantitative estimate of drug-likeness (QED) is 0.807. The van der Waals surface area contributed by atoms with Gasteiger partial charge in [0.2, 0.25) is 5.91 Å². The number of carbonyl (C=O) groups excluding carboxylic acids is 2. The number of amides is 1. The van der Waals surface area contributed by atoms with Gasteiger partial charge in [0, 0.05) is 28.2 Å². The van der Waals surface area contributed by atoms with Gasteiger partial charge in [-0.25, -0.2) is 0 Å². The third kappa shape index (κ3) is 3.43. The van der Waals surface area contributed by atoms with Crippen LogP contribution in [-0.2, 0) is 4.79 Å². The zero-order valence-corrected chi connectivity index (χ0v) is 14.7. The summed E-state index contributed by atoms with van der Waals surface area (Å²) in [6, 6.07) is 10.4. The Morgan fingerprint density at radius 3 is 2.54 bits per heavy atom. The average molecular weight is 390 g/mol. The van der Waals surface area contributed by atoms with Gasteiger partial charge in [0.1, 0.15) is 13.2 Å². The molecule has 0 saturated heterocycles. The highest BCUT2D eigenvalue weighted by molar-refractivity contribution is 9.10. The number of ether oxygens (including phenoxy) is 2. The molecule has 1 N–H and O–H groups in total. The van der Waals surface area contributed by atoms with Crippen LogP contribution in [0.3, 0.4) is 0 Å². The van der Waals surface area contributed by atoms with Crippen molar-refractivity contribution in [3.05, 3.63) is 52.0 Å². The highest BCUT2D eigenvalue weighted by Gasteiger charge is 2.23. The number of hydrogen-bond acceptors (Lipinski definition) is 4. The Bertz CT molecular complexity index is 786. The third-order valence-corrected chi connectivity index (χ3v) is 4.13. The van der Waals surface area contributed by atoms with Gasteiger partial charge in [0.15, 0.2) is 17.3 Å².